The van der Waals surface area contributed by atoms with Crippen LogP contribution in [-0.2, 0) is 13.6 Å². The van der Waals surface area contributed by atoms with E-state index in [4.69, 9.17) is 0 Å². The topological polar surface area (TPSA) is 57.5 Å². The number of nitrogens with zero attached hydrogens (tertiary/aromatic N) is 6. The van der Waals surface area contributed by atoms with Gasteiger partial charge in [0.15, 0.2) is 0 Å². The van der Waals surface area contributed by atoms with Crippen molar-refractivity contribution in [2.45, 2.75) is 6.54 Å². The molecule has 7 heteroatoms. The van der Waals surface area contributed by atoms with E-state index in [1.54, 1.807) is 24.0 Å². The zero-order valence-electron chi connectivity index (χ0n) is 16.7. The minimum Gasteiger partial charge on any atom is -0.369 e. The maximum Gasteiger partial charge on any atom is 0.250 e. The highest BCUT2D eigenvalue weighted by Gasteiger charge is 2.18. The average Bonchev–Trinajstić information content (AvgIpc) is 2.70. The van der Waals surface area contributed by atoms with E-state index in [0.717, 1.165) is 49.4 Å². The van der Waals surface area contributed by atoms with Gasteiger partial charge in [-0.25, -0.2) is 9.97 Å². The number of hydrogen-bond acceptors (Lipinski definition) is 6. The number of piperazine rings is 1. The summed E-state index contributed by atoms with van der Waals surface area (Å²) in [5.74, 6) is 0.945. The van der Waals surface area contributed by atoms with Crippen molar-refractivity contribution in [1.29, 1.82) is 0 Å². The van der Waals surface area contributed by atoms with Crippen LogP contribution in [0.1, 0.15) is 5.56 Å². The predicted octanol–water partition coefficient (Wildman–Crippen LogP) is 1.72. The number of hydrogen-bond donors (Lipinski definition) is 0. The van der Waals surface area contributed by atoms with Crippen molar-refractivity contribution >= 4 is 22.4 Å². The van der Waals surface area contributed by atoms with Gasteiger partial charge in [0, 0.05) is 77.2 Å². The maximum absolute atomic E-state index is 11.6. The number of rotatable bonds is 4. The lowest BCUT2D eigenvalue weighted by Gasteiger charge is -2.36. The van der Waals surface area contributed by atoms with E-state index in [9.17, 15) is 4.79 Å². The van der Waals surface area contributed by atoms with Gasteiger partial charge in [-0.2, -0.15) is 0 Å². The van der Waals surface area contributed by atoms with Gasteiger partial charge in [-0.15, -0.1) is 0 Å². The zero-order chi connectivity index (χ0) is 19.7. The summed E-state index contributed by atoms with van der Waals surface area (Å²) in [6.07, 6.45) is 3.55. The van der Waals surface area contributed by atoms with Crippen molar-refractivity contribution in [3.8, 4) is 0 Å². The van der Waals surface area contributed by atoms with Gasteiger partial charge in [0.05, 0.1) is 5.52 Å². The van der Waals surface area contributed by atoms with E-state index in [1.165, 1.54) is 11.3 Å². The third-order valence-corrected chi connectivity index (χ3v) is 5.31. The fraction of sp³-hybridized carbons (Fsp3) is 0.381. The summed E-state index contributed by atoms with van der Waals surface area (Å²) in [4.78, 5) is 27.3. The highest BCUT2D eigenvalue weighted by atomic mass is 16.1. The van der Waals surface area contributed by atoms with Crippen LogP contribution in [0.5, 0.6) is 0 Å². The van der Waals surface area contributed by atoms with Crippen LogP contribution in [0.3, 0.4) is 0 Å². The van der Waals surface area contributed by atoms with Gasteiger partial charge in [0.1, 0.15) is 12.1 Å². The molecule has 0 bridgehead atoms. The third-order valence-electron chi connectivity index (χ3n) is 5.31. The predicted molar refractivity (Wildman–Crippen MR) is 113 cm³/mol. The van der Waals surface area contributed by atoms with E-state index < -0.39 is 0 Å². The molecule has 0 amide bonds. The van der Waals surface area contributed by atoms with Crippen molar-refractivity contribution in [2.24, 2.45) is 7.05 Å². The molecule has 0 N–H and O–H groups in total. The van der Waals surface area contributed by atoms with Crippen molar-refractivity contribution in [1.82, 2.24) is 19.4 Å². The monoisotopic (exact) mass is 378 g/mol. The summed E-state index contributed by atoms with van der Waals surface area (Å²) in [5.41, 5.74) is 3.39. The highest BCUT2D eigenvalue weighted by Crippen LogP contribution is 2.27. The summed E-state index contributed by atoms with van der Waals surface area (Å²) in [6, 6.07) is 10.0. The molecule has 0 atom stereocenters. The highest BCUT2D eigenvalue weighted by molar-refractivity contribution is 5.91. The molecule has 1 saturated heterocycles. The third kappa shape index (κ3) is 3.71. The Bertz CT molecular complexity index is 1040. The van der Waals surface area contributed by atoms with Crippen molar-refractivity contribution < 1.29 is 0 Å². The number of benzene rings is 1. The van der Waals surface area contributed by atoms with Crippen LogP contribution in [0.4, 0.5) is 11.5 Å². The molecule has 1 aromatic carbocycles. The Hall–Kier alpha value is -2.93. The molecule has 4 rings (SSSR count). The first-order valence-corrected chi connectivity index (χ1v) is 9.56. The number of pyridine rings is 1. The Balaban J connectivity index is 1.46. The van der Waals surface area contributed by atoms with Crippen molar-refractivity contribution in [3.05, 3.63) is 58.8 Å². The van der Waals surface area contributed by atoms with Crippen LogP contribution in [0.15, 0.2) is 47.7 Å². The molecule has 3 heterocycles. The van der Waals surface area contributed by atoms with Gasteiger partial charge in [-0.05, 0) is 23.8 Å². The van der Waals surface area contributed by atoms with Gasteiger partial charge in [0.2, 0.25) is 5.56 Å². The summed E-state index contributed by atoms with van der Waals surface area (Å²) in [7, 11) is 5.81. The van der Waals surface area contributed by atoms with Crippen LogP contribution in [-0.4, -0.2) is 59.7 Å². The zero-order valence-corrected chi connectivity index (χ0v) is 16.7. The van der Waals surface area contributed by atoms with Crippen LogP contribution in [0, 0.1) is 0 Å². The fourth-order valence-electron chi connectivity index (χ4n) is 3.75. The Morgan fingerprint density at radius 2 is 1.82 bits per heavy atom. The molecule has 28 heavy (non-hydrogen) atoms. The van der Waals surface area contributed by atoms with Gasteiger partial charge in [0.25, 0.3) is 0 Å². The smallest absolute Gasteiger partial charge is 0.250 e. The van der Waals surface area contributed by atoms with Crippen LogP contribution >= 0.6 is 0 Å². The number of aromatic nitrogens is 3. The van der Waals surface area contributed by atoms with Gasteiger partial charge < -0.3 is 14.4 Å². The molecule has 1 aliphatic heterocycles. The molecule has 1 aliphatic rings. The average molecular weight is 378 g/mol. The van der Waals surface area contributed by atoms with Crippen LogP contribution < -0.4 is 15.4 Å². The summed E-state index contributed by atoms with van der Waals surface area (Å²) < 4.78 is 1.64. The maximum atomic E-state index is 11.6. The molecule has 0 saturated carbocycles. The second kappa shape index (κ2) is 7.59. The quantitative estimate of drug-likeness (QED) is 0.689. The lowest BCUT2D eigenvalue weighted by atomic mass is 10.1. The van der Waals surface area contributed by atoms with Crippen LogP contribution in [0.2, 0.25) is 0 Å². The molecule has 0 aliphatic carbocycles. The lowest BCUT2D eigenvalue weighted by Crippen LogP contribution is -2.46. The Labute approximate surface area is 164 Å². The van der Waals surface area contributed by atoms with E-state index in [0.29, 0.717) is 0 Å². The van der Waals surface area contributed by atoms with Crippen LogP contribution in [0.25, 0.3) is 10.9 Å². The Morgan fingerprint density at radius 3 is 2.54 bits per heavy atom. The summed E-state index contributed by atoms with van der Waals surface area (Å²) in [5, 5.41) is 1.08. The second-order valence-corrected chi connectivity index (χ2v) is 7.54. The molecule has 3 aromatic rings. The number of fused-ring (bicyclic) bond motifs is 1. The van der Waals surface area contributed by atoms with Crippen molar-refractivity contribution in [3.63, 3.8) is 0 Å². The number of aryl methyl sites for hydroxylation is 1. The second-order valence-electron chi connectivity index (χ2n) is 7.54. The largest absolute Gasteiger partial charge is 0.369 e. The molecular formula is C21H26N6O. The molecular weight excluding hydrogens is 352 g/mol. The molecule has 2 aromatic heterocycles. The van der Waals surface area contributed by atoms with E-state index in [1.807, 2.05) is 31.3 Å². The van der Waals surface area contributed by atoms with Crippen molar-refractivity contribution in [2.75, 3.05) is 50.1 Å². The Kier molecular flexibility index (Phi) is 5.00. The molecule has 0 unspecified atom stereocenters. The first kappa shape index (κ1) is 18.4. The standard InChI is InChI=1S/C21H26N6O/c1-24(2)21-18-12-17(5-6-19(18)22-15-23-21)27-10-8-26(9-11-27)14-16-4-7-20(28)25(3)13-16/h4-7,12-13,15H,8-11,14H2,1-3H3. The molecule has 146 valence electrons. The normalized spacial score (nSPS) is 15.2. The Morgan fingerprint density at radius 1 is 1.04 bits per heavy atom. The fourth-order valence-corrected chi connectivity index (χ4v) is 3.75. The SMILES string of the molecule is CN(C)c1ncnc2ccc(N3CCN(Cc4ccc(=O)n(C)c4)CC3)cc12. The van der Waals surface area contributed by atoms with Gasteiger partial charge >= 0.3 is 0 Å². The van der Waals surface area contributed by atoms with Gasteiger partial charge in [-0.3, -0.25) is 9.69 Å². The summed E-state index contributed by atoms with van der Waals surface area (Å²) in [6.45, 7) is 4.81. The minimum atomic E-state index is 0.0333. The molecule has 0 radical (unpaired) electrons. The van der Waals surface area contributed by atoms with Gasteiger partial charge in [-0.1, -0.05) is 6.07 Å². The lowest BCUT2D eigenvalue weighted by molar-refractivity contribution is 0.249. The van der Waals surface area contributed by atoms with E-state index in [-0.39, 0.29) is 5.56 Å². The molecule has 0 spiro atoms. The first-order valence-electron chi connectivity index (χ1n) is 9.56. The van der Waals surface area contributed by atoms with E-state index >= 15 is 0 Å². The van der Waals surface area contributed by atoms with E-state index in [2.05, 4.69) is 38.0 Å². The molecule has 1 fully saturated rings. The number of anilines is 2. The first-order chi connectivity index (χ1) is 13.5. The summed E-state index contributed by atoms with van der Waals surface area (Å²) >= 11 is 0. The minimum absolute atomic E-state index is 0.0333. The molecule has 7 nitrogen and oxygen atoms in total.